The van der Waals surface area contributed by atoms with Gasteiger partial charge in [-0.25, -0.2) is 13.2 Å². The number of aliphatic hydroxyl groups is 2. The Morgan fingerprint density at radius 1 is 0.538 bits per heavy atom. The molecule has 710 valence electrons. The van der Waals surface area contributed by atoms with Crippen molar-refractivity contribution in [2.75, 3.05) is 58.9 Å². The van der Waals surface area contributed by atoms with Crippen molar-refractivity contribution in [1.29, 1.82) is 0 Å². The van der Waals surface area contributed by atoms with Crippen LogP contribution in [-0.4, -0.2) is 299 Å². The average Bonchev–Trinajstić information content (AvgIpc) is 1.71. The summed E-state index contributed by atoms with van der Waals surface area (Å²) in [6.45, 7) is 2.24. The number of benzene rings is 5. The summed E-state index contributed by atoms with van der Waals surface area (Å²) < 4.78 is 45.0. The van der Waals surface area contributed by atoms with Crippen molar-refractivity contribution in [1.82, 2.24) is 77.3 Å². The van der Waals surface area contributed by atoms with Crippen LogP contribution in [0.5, 0.6) is 5.75 Å². The molecule has 1 aromatic heterocycles. The number of aliphatic hydroxyl groups excluding tert-OH is 2. The van der Waals surface area contributed by atoms with Crippen molar-refractivity contribution < 1.29 is 120 Å². The Morgan fingerprint density at radius 3 is 1.68 bits per heavy atom. The zero-order valence-electron chi connectivity index (χ0n) is 73.5. The molecule has 6 aromatic rings. The summed E-state index contributed by atoms with van der Waals surface area (Å²) in [6.07, 6.45) is -5.22. The number of para-hydroxylation sites is 1. The molecule has 0 spiro atoms. The molecule has 14 atom stereocenters. The summed E-state index contributed by atoms with van der Waals surface area (Å²) in [5.41, 5.74) is 7.09. The van der Waals surface area contributed by atoms with Gasteiger partial charge in [0.25, 0.3) is 0 Å². The molecule has 3 aliphatic rings. The Balaban J connectivity index is 1.13. The molecule has 15 amide bonds. The summed E-state index contributed by atoms with van der Waals surface area (Å²) in [7, 11) is 3.52. The molecule has 3 saturated heterocycles. The van der Waals surface area contributed by atoms with Crippen molar-refractivity contribution in [3.8, 4) is 5.75 Å². The number of phenolic OH excluding ortho intramolecular Hbond substituents is 1. The predicted octanol–water partition coefficient (Wildman–Crippen LogP) is -0.357. The Kier molecular flexibility index (Phi) is 37.1. The first-order valence-corrected chi connectivity index (χ1v) is 44.1. The van der Waals surface area contributed by atoms with Gasteiger partial charge in [-0.2, -0.15) is 0 Å². The van der Waals surface area contributed by atoms with Gasteiger partial charge in [-0.1, -0.05) is 125 Å². The number of phenols is 1. The number of halogens is 3. The van der Waals surface area contributed by atoms with Crippen LogP contribution in [0.4, 0.5) is 13.2 Å². The number of aromatic amines is 1. The van der Waals surface area contributed by atoms with Gasteiger partial charge >= 0.3 is 11.9 Å². The number of aromatic nitrogens is 1. The standard InChI is InChI=1S/C90H111F3N16O22S/c1-7-8-24-68-89(130)109-45-55(112)40-70(109)85(126)101-63(41-74(115)116)82(123)104-77(48(2)3)90(131)106(5)69(37-49-18-11-9-12-19-49)84(125)102-65(42-75(117)118)87(128)108-31-17-25-67(108)83(124)100-62(39-53-43-95-59-23-16-15-22-56(53)59)81(122)99-61(35-51-26-28-54(111)29-27-51)80(121)98-60(30-32-110)79(120)103-66(78(119)96-44-72(94)113)46-132-47-73(114)97-64(36-52-33-57(91)76(93)58(92)34-52)86(127)107(6)71(88(129)105(68)4)38-50-20-13-10-14-21-50/h9-16,18-23,26-29,33-34,43,48,55,60-71,77,95,110-112H,7-8,17,24-25,30-32,35-42,44-47H2,1-6H3,(H2,94,113)(H,96,119)(H,97,114)(H,98,121)(H,99,122)(H,100,124)(H,101,126)(H,102,125)(H,103,120)(H,104,123)(H,115,116)(H,117,118)/t55-,60+,61+,62+,63+,64+,65+,66+,67-,68+,69+,70-,71?,77+/m1/s1. The van der Waals surface area contributed by atoms with E-state index in [2.05, 4.69) is 52.8 Å². The van der Waals surface area contributed by atoms with Crippen LogP contribution in [0.25, 0.3) is 10.9 Å². The lowest BCUT2D eigenvalue weighted by Gasteiger charge is -2.38. The van der Waals surface area contributed by atoms with Crippen LogP contribution in [0.15, 0.2) is 128 Å². The van der Waals surface area contributed by atoms with Gasteiger partial charge in [0.1, 0.15) is 84.3 Å². The fraction of sp³-hybridized carbons (Fsp3) is 0.456. The maximum atomic E-state index is 15.7. The van der Waals surface area contributed by atoms with Crippen LogP contribution in [0.1, 0.15) is 106 Å². The second-order valence-electron chi connectivity index (χ2n) is 33.1. The quantitative estimate of drug-likeness (QED) is 0.0364. The molecule has 17 N–H and O–H groups in total. The number of rotatable bonds is 23. The number of primary amides is 1. The first-order chi connectivity index (χ1) is 62.7. The number of thioether (sulfide) groups is 1. The molecule has 42 heteroatoms. The zero-order valence-corrected chi connectivity index (χ0v) is 74.3. The van der Waals surface area contributed by atoms with Crippen molar-refractivity contribution in [3.05, 3.63) is 173 Å². The van der Waals surface area contributed by atoms with Crippen LogP contribution in [0.2, 0.25) is 0 Å². The minimum absolute atomic E-state index is 0.0910. The number of likely N-dealkylation sites (N-methyl/N-ethyl adjacent to an activating group) is 3. The van der Waals surface area contributed by atoms with E-state index in [0.717, 1.165) is 38.6 Å². The third-order valence-corrected chi connectivity index (χ3v) is 24.2. The van der Waals surface area contributed by atoms with Crippen LogP contribution in [0, 0.1) is 23.4 Å². The van der Waals surface area contributed by atoms with Gasteiger partial charge in [0.2, 0.25) is 88.6 Å². The van der Waals surface area contributed by atoms with E-state index in [4.69, 9.17) is 5.73 Å². The van der Waals surface area contributed by atoms with E-state index < -0.39 is 284 Å². The summed E-state index contributed by atoms with van der Waals surface area (Å²) in [6, 6.07) is 6.42. The summed E-state index contributed by atoms with van der Waals surface area (Å²) in [4.78, 5) is 256. The molecule has 3 aliphatic heterocycles. The number of amides is 15. The van der Waals surface area contributed by atoms with E-state index >= 15 is 51.9 Å². The molecule has 0 aliphatic carbocycles. The van der Waals surface area contributed by atoms with Crippen molar-refractivity contribution in [3.63, 3.8) is 0 Å². The number of nitrogens with one attached hydrogen (secondary N) is 10. The van der Waals surface area contributed by atoms with Gasteiger partial charge in [-0.15, -0.1) is 11.8 Å². The molecule has 1 unspecified atom stereocenters. The van der Waals surface area contributed by atoms with Gasteiger partial charge in [0.05, 0.1) is 31.2 Å². The normalized spacial score (nSPS) is 24.2. The zero-order chi connectivity index (χ0) is 96.5. The van der Waals surface area contributed by atoms with Crippen molar-refractivity contribution >= 4 is 123 Å². The number of aromatic hydroxyl groups is 1. The first-order valence-electron chi connectivity index (χ1n) is 43.0. The number of nitrogens with zero attached hydrogens (tertiary/aromatic N) is 5. The highest BCUT2D eigenvalue weighted by molar-refractivity contribution is 8.00. The second kappa shape index (κ2) is 47.9. The molecule has 132 heavy (non-hydrogen) atoms. The predicted molar refractivity (Wildman–Crippen MR) is 470 cm³/mol. The number of aliphatic carboxylic acids is 2. The number of unbranched alkanes of at least 4 members (excludes halogenated alkanes) is 1. The average molecular weight is 1860 g/mol. The largest absolute Gasteiger partial charge is 0.508 e. The van der Waals surface area contributed by atoms with Gasteiger partial charge < -0.3 is 109 Å². The maximum Gasteiger partial charge on any atom is 0.305 e. The lowest BCUT2D eigenvalue weighted by atomic mass is 9.98. The molecule has 0 radical (unpaired) electrons. The van der Waals surface area contributed by atoms with Gasteiger partial charge in [-0.3, -0.25) is 81.5 Å². The topological polar surface area (TPSA) is 558 Å². The van der Waals surface area contributed by atoms with E-state index in [0.29, 0.717) is 57.9 Å². The van der Waals surface area contributed by atoms with Crippen LogP contribution < -0.4 is 53.6 Å². The van der Waals surface area contributed by atoms with Gasteiger partial charge in [0.15, 0.2) is 17.5 Å². The number of carbonyl (C=O) groups excluding carboxylic acids is 15. The highest BCUT2D eigenvalue weighted by Crippen LogP contribution is 2.29. The highest BCUT2D eigenvalue weighted by atomic mass is 32.2. The molecule has 3 fully saturated rings. The Morgan fingerprint density at radius 2 is 1.07 bits per heavy atom. The van der Waals surface area contributed by atoms with Crippen LogP contribution >= 0.6 is 11.8 Å². The third-order valence-electron chi connectivity index (χ3n) is 23.1. The first kappa shape index (κ1) is 102. The molecule has 38 nitrogen and oxygen atoms in total. The fourth-order valence-electron chi connectivity index (χ4n) is 16.0. The minimum Gasteiger partial charge on any atom is -0.508 e. The third kappa shape index (κ3) is 27.8. The lowest BCUT2D eigenvalue weighted by Crippen LogP contribution is -2.62. The highest BCUT2D eigenvalue weighted by Gasteiger charge is 2.48. The molecule has 0 bridgehead atoms. The number of carbonyl (C=O) groups is 17. The monoisotopic (exact) mass is 1860 g/mol. The lowest BCUT2D eigenvalue weighted by molar-refractivity contribution is -0.152. The Labute approximate surface area is 761 Å². The fourth-order valence-corrected chi connectivity index (χ4v) is 16.9. The van der Waals surface area contributed by atoms with Gasteiger partial charge in [-0.05, 0) is 89.8 Å². The number of fused-ring (bicyclic) bond motifs is 3. The Bertz CT molecular complexity index is 5170. The van der Waals surface area contributed by atoms with Gasteiger partial charge in [0, 0.05) is 102 Å². The van der Waals surface area contributed by atoms with E-state index in [1.165, 1.54) is 45.2 Å². The summed E-state index contributed by atoms with van der Waals surface area (Å²) in [5, 5.41) is 76.0. The van der Waals surface area contributed by atoms with Crippen LogP contribution in [0.3, 0.4) is 0 Å². The number of hydrogen-bond donors (Lipinski definition) is 16. The molecule has 4 heterocycles. The number of hydrogen-bond acceptors (Lipinski definition) is 21. The molecule has 9 rings (SSSR count). The number of H-pyrrole nitrogens is 1. The Hall–Kier alpha value is -13.5. The second-order valence-corrected chi connectivity index (χ2v) is 34.2. The maximum absolute atomic E-state index is 15.7. The van der Waals surface area contributed by atoms with E-state index in [1.54, 1.807) is 98.0 Å². The van der Waals surface area contributed by atoms with E-state index in [-0.39, 0.29) is 62.8 Å². The minimum atomic E-state index is -2.07. The molecule has 5 aromatic carbocycles. The number of nitrogens with two attached hydrogens (primary N) is 1. The molecular weight excluding hydrogens is 1750 g/mol. The van der Waals surface area contributed by atoms with E-state index in [1.807, 2.05) is 0 Å². The summed E-state index contributed by atoms with van der Waals surface area (Å²) in [5.74, 6) is -27.5. The number of carboxylic acids is 2. The smallest absolute Gasteiger partial charge is 0.305 e. The summed E-state index contributed by atoms with van der Waals surface area (Å²) >= 11 is 0.599. The number of carboxylic acid groups (broad SMARTS) is 2. The SMILES string of the molecule is CCCC[C@H]1C(=O)N2C[C@H](O)C[C@@H]2C(=O)N[C@@H](CC(=O)O)C(=O)N[C@@H](C(C)C)C(=O)N(C)[C@@H](Cc2ccccc2)C(=O)N[C@@H](CC(=O)O)C(=O)N2CCC[C@@H]2C(=O)N[C@@H](Cc2c[nH]c3ccccc23)C(=O)N[C@@H](Cc2ccc(O)cc2)C(=O)N[C@@H](CCO)C(=O)N[C@H](C(=O)NCC(N)=O)CSCC(=O)N[C@@H](Cc2cc(F)c(F)c(F)c2)C(=O)N(C)C(Cc2ccccc2)C(=O)N1C. The van der Waals surface area contributed by atoms with E-state index in [9.17, 15) is 68.3 Å². The van der Waals surface area contributed by atoms with Crippen molar-refractivity contribution in [2.45, 2.75) is 195 Å². The molecular formula is C90H111F3N16O22S. The van der Waals surface area contributed by atoms with Crippen LogP contribution in [-0.2, 0) is 114 Å². The molecule has 0 saturated carbocycles. The van der Waals surface area contributed by atoms with Crippen molar-refractivity contribution in [2.24, 2.45) is 11.7 Å².